The molecule has 0 N–H and O–H groups in total. The van der Waals surface area contributed by atoms with E-state index in [1.807, 2.05) is 18.2 Å². The van der Waals surface area contributed by atoms with Gasteiger partial charge in [0.1, 0.15) is 0 Å². The molecule has 1 aromatic carbocycles. The van der Waals surface area contributed by atoms with Gasteiger partial charge in [-0.2, -0.15) is 0 Å². The minimum Gasteiger partial charge on any atom is -0.0919 e. The van der Waals surface area contributed by atoms with Crippen LogP contribution in [0.5, 0.6) is 0 Å². The SMILES string of the molecule is CC(C)(CBr)c1cccc(Cl)c1. The van der Waals surface area contributed by atoms with E-state index in [2.05, 4.69) is 35.8 Å². The predicted octanol–water partition coefficient (Wildman–Crippen LogP) is 4.01. The van der Waals surface area contributed by atoms with Crippen LogP contribution < -0.4 is 0 Å². The zero-order valence-corrected chi connectivity index (χ0v) is 9.61. The van der Waals surface area contributed by atoms with Crippen LogP contribution in [0.15, 0.2) is 24.3 Å². The van der Waals surface area contributed by atoms with E-state index in [0.29, 0.717) is 0 Å². The lowest BCUT2D eigenvalue weighted by Crippen LogP contribution is -2.18. The molecule has 0 aliphatic heterocycles. The molecule has 2 heteroatoms. The molecule has 12 heavy (non-hydrogen) atoms. The van der Waals surface area contributed by atoms with E-state index in [0.717, 1.165) is 10.4 Å². The molecular formula is C10H12BrCl. The average molecular weight is 248 g/mol. The van der Waals surface area contributed by atoms with Gasteiger partial charge >= 0.3 is 0 Å². The second kappa shape index (κ2) is 3.80. The van der Waals surface area contributed by atoms with Gasteiger partial charge in [-0.25, -0.2) is 0 Å². The second-order valence-corrected chi connectivity index (χ2v) is 4.53. The van der Waals surface area contributed by atoms with Crippen molar-refractivity contribution in [2.45, 2.75) is 19.3 Å². The summed E-state index contributed by atoms with van der Waals surface area (Å²) in [5.74, 6) is 0. The fourth-order valence-electron chi connectivity index (χ4n) is 0.987. The summed E-state index contributed by atoms with van der Waals surface area (Å²) in [5, 5.41) is 1.75. The van der Waals surface area contributed by atoms with E-state index in [-0.39, 0.29) is 5.41 Å². The minimum absolute atomic E-state index is 0.158. The molecule has 0 spiro atoms. The number of halogens is 2. The van der Waals surface area contributed by atoms with Gasteiger partial charge in [0.05, 0.1) is 0 Å². The maximum atomic E-state index is 5.89. The molecule has 66 valence electrons. The van der Waals surface area contributed by atoms with Crippen LogP contribution in [0.2, 0.25) is 5.02 Å². The third-order valence-corrected chi connectivity index (χ3v) is 3.58. The molecule has 1 rings (SSSR count). The van der Waals surface area contributed by atoms with E-state index in [9.17, 15) is 0 Å². The number of hydrogen-bond donors (Lipinski definition) is 0. The highest BCUT2D eigenvalue weighted by molar-refractivity contribution is 9.09. The van der Waals surface area contributed by atoms with Gasteiger partial charge in [0, 0.05) is 10.4 Å². The molecule has 0 unspecified atom stereocenters. The third kappa shape index (κ3) is 2.24. The quantitative estimate of drug-likeness (QED) is 0.693. The Morgan fingerprint density at radius 1 is 1.42 bits per heavy atom. The topological polar surface area (TPSA) is 0 Å². The number of benzene rings is 1. The van der Waals surface area contributed by atoms with Crippen molar-refractivity contribution in [3.63, 3.8) is 0 Å². The highest BCUT2D eigenvalue weighted by atomic mass is 79.9. The molecular weight excluding hydrogens is 235 g/mol. The number of hydrogen-bond acceptors (Lipinski definition) is 0. The summed E-state index contributed by atoms with van der Waals surface area (Å²) in [6.45, 7) is 4.38. The summed E-state index contributed by atoms with van der Waals surface area (Å²) < 4.78 is 0. The fourth-order valence-corrected chi connectivity index (χ4v) is 1.50. The number of alkyl halides is 1. The van der Waals surface area contributed by atoms with E-state index in [4.69, 9.17) is 11.6 Å². The van der Waals surface area contributed by atoms with Crippen LogP contribution in [0.4, 0.5) is 0 Å². The Morgan fingerprint density at radius 2 is 2.08 bits per heavy atom. The fraction of sp³-hybridized carbons (Fsp3) is 0.400. The van der Waals surface area contributed by atoms with Crippen molar-refractivity contribution >= 4 is 27.5 Å². The minimum atomic E-state index is 0.158. The Bertz CT molecular complexity index is 268. The molecule has 0 bridgehead atoms. The van der Waals surface area contributed by atoms with Gasteiger partial charge in [-0.15, -0.1) is 0 Å². The van der Waals surface area contributed by atoms with Gasteiger partial charge in [0.25, 0.3) is 0 Å². The monoisotopic (exact) mass is 246 g/mol. The summed E-state index contributed by atoms with van der Waals surface area (Å²) in [4.78, 5) is 0. The highest BCUT2D eigenvalue weighted by Crippen LogP contribution is 2.26. The van der Waals surface area contributed by atoms with E-state index in [1.165, 1.54) is 5.56 Å². The van der Waals surface area contributed by atoms with Crippen molar-refractivity contribution in [3.8, 4) is 0 Å². The highest BCUT2D eigenvalue weighted by Gasteiger charge is 2.18. The molecule has 0 amide bonds. The van der Waals surface area contributed by atoms with Crippen molar-refractivity contribution < 1.29 is 0 Å². The van der Waals surface area contributed by atoms with Gasteiger partial charge < -0.3 is 0 Å². The Morgan fingerprint density at radius 3 is 2.58 bits per heavy atom. The molecule has 1 aromatic rings. The van der Waals surface area contributed by atoms with E-state index < -0.39 is 0 Å². The summed E-state index contributed by atoms with van der Waals surface area (Å²) in [6, 6.07) is 8.01. The van der Waals surface area contributed by atoms with Gasteiger partial charge in [0.2, 0.25) is 0 Å². The van der Waals surface area contributed by atoms with Crippen LogP contribution >= 0.6 is 27.5 Å². The summed E-state index contributed by atoms with van der Waals surface area (Å²) in [6.07, 6.45) is 0. The predicted molar refractivity (Wildman–Crippen MR) is 58.3 cm³/mol. The van der Waals surface area contributed by atoms with Crippen molar-refractivity contribution in [1.82, 2.24) is 0 Å². The molecule has 0 saturated heterocycles. The largest absolute Gasteiger partial charge is 0.0919 e. The van der Waals surface area contributed by atoms with Gasteiger partial charge in [-0.3, -0.25) is 0 Å². The summed E-state index contributed by atoms with van der Waals surface area (Å²) in [5.41, 5.74) is 1.43. The molecule has 0 radical (unpaired) electrons. The van der Waals surface area contributed by atoms with E-state index >= 15 is 0 Å². The van der Waals surface area contributed by atoms with Crippen molar-refractivity contribution in [2.75, 3.05) is 5.33 Å². The standard InChI is InChI=1S/C10H12BrCl/c1-10(2,7-11)8-4-3-5-9(12)6-8/h3-6H,7H2,1-2H3. The summed E-state index contributed by atoms with van der Waals surface area (Å²) in [7, 11) is 0. The van der Waals surface area contributed by atoms with Crippen LogP contribution in [0, 0.1) is 0 Å². The lowest BCUT2D eigenvalue weighted by Gasteiger charge is -2.22. The van der Waals surface area contributed by atoms with Crippen molar-refractivity contribution in [3.05, 3.63) is 34.9 Å². The zero-order chi connectivity index (χ0) is 9.19. The van der Waals surface area contributed by atoms with Crippen LogP contribution in [-0.4, -0.2) is 5.33 Å². The Hall–Kier alpha value is -0.0100. The molecule has 0 heterocycles. The van der Waals surface area contributed by atoms with E-state index in [1.54, 1.807) is 0 Å². The Balaban J connectivity index is 3.03. The maximum absolute atomic E-state index is 5.89. The Labute approximate surface area is 87.1 Å². The molecule has 0 nitrogen and oxygen atoms in total. The molecule has 0 fully saturated rings. The van der Waals surface area contributed by atoms with Crippen molar-refractivity contribution in [1.29, 1.82) is 0 Å². The average Bonchev–Trinajstić information content (AvgIpc) is 2.05. The van der Waals surface area contributed by atoms with Crippen LogP contribution in [0.1, 0.15) is 19.4 Å². The zero-order valence-electron chi connectivity index (χ0n) is 7.27. The third-order valence-electron chi connectivity index (χ3n) is 1.94. The van der Waals surface area contributed by atoms with Gasteiger partial charge in [-0.05, 0) is 23.1 Å². The van der Waals surface area contributed by atoms with Gasteiger partial charge in [-0.1, -0.05) is 53.5 Å². The molecule has 0 saturated carbocycles. The first-order valence-corrected chi connectivity index (χ1v) is 5.38. The van der Waals surface area contributed by atoms with Crippen LogP contribution in [0.3, 0.4) is 0 Å². The Kier molecular flexibility index (Phi) is 3.19. The van der Waals surface area contributed by atoms with Gasteiger partial charge in [0.15, 0.2) is 0 Å². The van der Waals surface area contributed by atoms with Crippen LogP contribution in [0.25, 0.3) is 0 Å². The maximum Gasteiger partial charge on any atom is 0.0408 e. The smallest absolute Gasteiger partial charge is 0.0408 e. The molecule has 0 aliphatic rings. The molecule has 0 aromatic heterocycles. The lowest BCUT2D eigenvalue weighted by molar-refractivity contribution is 0.607. The lowest BCUT2D eigenvalue weighted by atomic mass is 9.87. The normalized spacial score (nSPS) is 11.7. The number of rotatable bonds is 2. The first kappa shape index (κ1) is 10.1. The van der Waals surface area contributed by atoms with Crippen molar-refractivity contribution in [2.24, 2.45) is 0 Å². The second-order valence-electron chi connectivity index (χ2n) is 3.53. The summed E-state index contributed by atoms with van der Waals surface area (Å²) >= 11 is 9.38. The van der Waals surface area contributed by atoms with Crippen LogP contribution in [-0.2, 0) is 5.41 Å². The first-order valence-electron chi connectivity index (χ1n) is 3.88. The molecule has 0 aliphatic carbocycles. The first-order chi connectivity index (χ1) is 5.56. The molecule has 0 atom stereocenters.